The van der Waals surface area contributed by atoms with Crippen LogP contribution in [0.4, 0.5) is 5.69 Å². The average Bonchev–Trinajstić information content (AvgIpc) is 2.79. The number of carbonyl (C=O) groups is 1. The lowest BCUT2D eigenvalue weighted by molar-refractivity contribution is -0.112. The van der Waals surface area contributed by atoms with Crippen molar-refractivity contribution in [1.29, 1.82) is 5.26 Å². The van der Waals surface area contributed by atoms with Gasteiger partial charge in [-0.15, -0.1) is 0 Å². The predicted molar refractivity (Wildman–Crippen MR) is 142 cm³/mol. The van der Waals surface area contributed by atoms with Gasteiger partial charge in [0.15, 0.2) is 11.5 Å². The van der Waals surface area contributed by atoms with Crippen LogP contribution in [0.2, 0.25) is 0 Å². The molecule has 0 aromatic heterocycles. The van der Waals surface area contributed by atoms with E-state index in [1.807, 2.05) is 62.4 Å². The van der Waals surface area contributed by atoms with Gasteiger partial charge in [0.1, 0.15) is 18.2 Å². The summed E-state index contributed by atoms with van der Waals surface area (Å²) in [6.45, 7) is 4.23. The zero-order valence-electron chi connectivity index (χ0n) is 18.4. The highest BCUT2D eigenvalue weighted by atomic mass is 127. The van der Waals surface area contributed by atoms with Gasteiger partial charge >= 0.3 is 0 Å². The molecule has 0 fully saturated rings. The summed E-state index contributed by atoms with van der Waals surface area (Å²) in [5, 5.41) is 12.4. The number of anilines is 1. The Morgan fingerprint density at radius 1 is 1.15 bits per heavy atom. The average molecular weight is 617 g/mol. The molecule has 0 saturated carbocycles. The third-order valence-corrected chi connectivity index (χ3v) is 6.17. The Morgan fingerprint density at radius 2 is 1.88 bits per heavy atom. The van der Waals surface area contributed by atoms with Gasteiger partial charge in [-0.3, -0.25) is 4.79 Å². The fraction of sp³-hybridized carbons (Fsp3) is 0.154. The van der Waals surface area contributed by atoms with Crippen molar-refractivity contribution in [3.8, 4) is 17.6 Å². The second kappa shape index (κ2) is 11.3. The molecule has 33 heavy (non-hydrogen) atoms. The first-order valence-electron chi connectivity index (χ1n) is 10.1. The van der Waals surface area contributed by atoms with Crippen LogP contribution in [0.1, 0.15) is 22.3 Å². The summed E-state index contributed by atoms with van der Waals surface area (Å²) in [5.41, 5.74) is 4.27. The number of benzene rings is 3. The van der Waals surface area contributed by atoms with Gasteiger partial charge in [0.25, 0.3) is 5.91 Å². The largest absolute Gasteiger partial charge is 0.493 e. The second-order valence-corrected chi connectivity index (χ2v) is 9.49. The number of rotatable bonds is 7. The van der Waals surface area contributed by atoms with Crippen molar-refractivity contribution in [3.05, 3.63) is 90.5 Å². The maximum Gasteiger partial charge on any atom is 0.266 e. The Morgan fingerprint density at radius 3 is 2.55 bits per heavy atom. The number of aryl methyl sites for hydroxylation is 2. The van der Waals surface area contributed by atoms with Crippen molar-refractivity contribution in [2.75, 3.05) is 12.4 Å². The molecule has 0 unspecified atom stereocenters. The zero-order chi connectivity index (χ0) is 24.0. The van der Waals surface area contributed by atoms with Gasteiger partial charge in [0.05, 0.1) is 11.6 Å². The molecule has 1 N–H and O–H groups in total. The number of methoxy groups -OCH3 is 1. The SMILES string of the molecule is COc1cc(/C=C(\C#N)C(=O)Nc2cc(C)ccc2C)cc(Br)c1OCc1ccc(I)cc1. The molecule has 168 valence electrons. The van der Waals surface area contributed by atoms with Gasteiger partial charge in [-0.2, -0.15) is 5.26 Å². The summed E-state index contributed by atoms with van der Waals surface area (Å²) in [6.07, 6.45) is 1.52. The molecule has 0 aliphatic carbocycles. The third-order valence-electron chi connectivity index (χ3n) is 4.87. The summed E-state index contributed by atoms with van der Waals surface area (Å²) < 4.78 is 13.3. The van der Waals surface area contributed by atoms with Crippen LogP contribution >= 0.6 is 38.5 Å². The Hall–Kier alpha value is -2.83. The molecule has 0 aliphatic heterocycles. The summed E-state index contributed by atoms with van der Waals surface area (Å²) >= 11 is 5.78. The van der Waals surface area contributed by atoms with Gasteiger partial charge < -0.3 is 14.8 Å². The van der Waals surface area contributed by atoms with Crippen LogP contribution in [-0.4, -0.2) is 13.0 Å². The number of nitriles is 1. The molecule has 5 nitrogen and oxygen atoms in total. The van der Waals surface area contributed by atoms with E-state index in [1.54, 1.807) is 19.2 Å². The van der Waals surface area contributed by atoms with Gasteiger partial charge in [-0.05, 0) is 111 Å². The van der Waals surface area contributed by atoms with Crippen LogP contribution in [0.15, 0.2) is 64.6 Å². The molecule has 0 atom stereocenters. The van der Waals surface area contributed by atoms with Crippen LogP contribution in [0.3, 0.4) is 0 Å². The maximum atomic E-state index is 12.7. The first-order valence-corrected chi connectivity index (χ1v) is 11.9. The zero-order valence-corrected chi connectivity index (χ0v) is 22.2. The van der Waals surface area contributed by atoms with Crippen molar-refractivity contribution in [2.24, 2.45) is 0 Å². The maximum absolute atomic E-state index is 12.7. The lowest BCUT2D eigenvalue weighted by Gasteiger charge is -2.14. The fourth-order valence-corrected chi connectivity index (χ4v) is 4.01. The van der Waals surface area contributed by atoms with Crippen molar-refractivity contribution >= 4 is 56.2 Å². The van der Waals surface area contributed by atoms with E-state index in [-0.39, 0.29) is 5.57 Å². The van der Waals surface area contributed by atoms with Gasteiger partial charge in [-0.25, -0.2) is 0 Å². The third kappa shape index (κ3) is 6.59. The minimum atomic E-state index is -0.472. The Labute approximate surface area is 215 Å². The number of hydrogen-bond acceptors (Lipinski definition) is 4. The molecule has 3 aromatic carbocycles. The number of hydrogen-bond donors (Lipinski definition) is 1. The van der Waals surface area contributed by atoms with Gasteiger partial charge in [0, 0.05) is 9.26 Å². The fourth-order valence-electron chi connectivity index (χ4n) is 3.07. The van der Waals surface area contributed by atoms with Crippen molar-refractivity contribution in [1.82, 2.24) is 0 Å². The summed E-state index contributed by atoms with van der Waals surface area (Å²) in [7, 11) is 1.55. The molecule has 3 rings (SSSR count). The molecule has 3 aromatic rings. The van der Waals surface area contributed by atoms with Crippen molar-refractivity contribution < 1.29 is 14.3 Å². The number of halogens is 2. The number of ether oxygens (including phenoxy) is 2. The Bertz CT molecular complexity index is 1250. The molecule has 0 spiro atoms. The van der Waals surface area contributed by atoms with E-state index >= 15 is 0 Å². The van der Waals surface area contributed by atoms with Crippen LogP contribution in [0.5, 0.6) is 11.5 Å². The van der Waals surface area contributed by atoms with Crippen LogP contribution in [0, 0.1) is 28.7 Å². The Balaban J connectivity index is 1.83. The van der Waals surface area contributed by atoms with E-state index in [1.165, 1.54) is 6.08 Å². The molecule has 7 heteroatoms. The van der Waals surface area contributed by atoms with E-state index < -0.39 is 5.91 Å². The van der Waals surface area contributed by atoms with Crippen LogP contribution in [0.25, 0.3) is 6.08 Å². The molecule has 0 bridgehead atoms. The summed E-state index contributed by atoms with van der Waals surface area (Å²) in [6, 6.07) is 19.3. The van der Waals surface area contributed by atoms with Gasteiger partial charge in [0.2, 0.25) is 0 Å². The van der Waals surface area contributed by atoms with E-state index in [2.05, 4.69) is 43.8 Å². The molecule has 0 heterocycles. The molecule has 0 aliphatic rings. The highest BCUT2D eigenvalue weighted by Crippen LogP contribution is 2.38. The summed E-state index contributed by atoms with van der Waals surface area (Å²) in [5.74, 6) is 0.570. The van der Waals surface area contributed by atoms with Crippen molar-refractivity contribution in [2.45, 2.75) is 20.5 Å². The van der Waals surface area contributed by atoms with Crippen LogP contribution < -0.4 is 14.8 Å². The molecular formula is C26H22BrIN2O3. The van der Waals surface area contributed by atoms with E-state index in [0.717, 1.165) is 20.3 Å². The normalized spacial score (nSPS) is 11.0. The van der Waals surface area contributed by atoms with Crippen LogP contribution in [-0.2, 0) is 11.4 Å². The number of nitrogens with one attached hydrogen (secondary N) is 1. The monoisotopic (exact) mass is 616 g/mol. The highest BCUT2D eigenvalue weighted by Gasteiger charge is 2.15. The lowest BCUT2D eigenvalue weighted by atomic mass is 10.1. The van der Waals surface area contributed by atoms with Crippen molar-refractivity contribution in [3.63, 3.8) is 0 Å². The van der Waals surface area contributed by atoms with Gasteiger partial charge in [-0.1, -0.05) is 24.3 Å². The minimum Gasteiger partial charge on any atom is -0.493 e. The second-order valence-electron chi connectivity index (χ2n) is 7.39. The first kappa shape index (κ1) is 24.8. The standard InChI is InChI=1S/C26H22BrIN2O3/c1-16-4-5-17(2)23(10-16)30-26(31)20(14-29)11-19-12-22(27)25(24(13-19)32-3)33-15-18-6-8-21(28)9-7-18/h4-13H,15H2,1-3H3,(H,30,31)/b20-11+. The van der Waals surface area contributed by atoms with E-state index in [4.69, 9.17) is 9.47 Å². The Kier molecular flexibility index (Phi) is 8.53. The number of carbonyl (C=O) groups excluding carboxylic acids is 1. The first-order chi connectivity index (χ1) is 15.8. The topological polar surface area (TPSA) is 71.3 Å². The summed E-state index contributed by atoms with van der Waals surface area (Å²) in [4.78, 5) is 12.7. The van der Waals surface area contributed by atoms with E-state index in [0.29, 0.717) is 33.8 Å². The number of amides is 1. The molecular weight excluding hydrogens is 595 g/mol. The smallest absolute Gasteiger partial charge is 0.266 e. The minimum absolute atomic E-state index is 0.0163. The highest BCUT2D eigenvalue weighted by molar-refractivity contribution is 14.1. The number of nitrogens with zero attached hydrogens (tertiary/aromatic N) is 1. The molecule has 0 saturated heterocycles. The molecule has 0 radical (unpaired) electrons. The van der Waals surface area contributed by atoms with E-state index in [9.17, 15) is 10.1 Å². The predicted octanol–water partition coefficient (Wildman–Crippen LogP) is 6.80. The lowest BCUT2D eigenvalue weighted by Crippen LogP contribution is -2.14. The molecule has 1 amide bonds. The quantitative estimate of drug-likeness (QED) is 0.180.